The van der Waals surface area contributed by atoms with Crippen molar-refractivity contribution in [3.63, 3.8) is 0 Å². The van der Waals surface area contributed by atoms with Gasteiger partial charge in [0.05, 0.1) is 5.69 Å². The molecule has 74 valence electrons. The van der Waals surface area contributed by atoms with Gasteiger partial charge in [0.1, 0.15) is 0 Å². The van der Waals surface area contributed by atoms with Crippen molar-refractivity contribution < 1.29 is 4.39 Å². The number of aromatic amines is 1. The van der Waals surface area contributed by atoms with Gasteiger partial charge >= 0.3 is 5.56 Å². The first-order valence-corrected chi connectivity index (χ1v) is 5.05. The quantitative estimate of drug-likeness (QED) is 0.705. The summed E-state index contributed by atoms with van der Waals surface area (Å²) in [7, 11) is 0. The van der Waals surface area contributed by atoms with Gasteiger partial charge in [0.15, 0.2) is 5.16 Å². The highest BCUT2D eigenvalue weighted by Gasteiger charge is 2.11. The van der Waals surface area contributed by atoms with Crippen LogP contribution < -0.4 is 5.56 Å². The summed E-state index contributed by atoms with van der Waals surface area (Å²) >= 11 is 1.33. The van der Waals surface area contributed by atoms with Gasteiger partial charge in [0, 0.05) is 0 Å². The molecule has 0 aliphatic rings. The van der Waals surface area contributed by atoms with Crippen molar-refractivity contribution in [1.82, 2.24) is 19.6 Å². The first-order valence-electron chi connectivity index (χ1n) is 3.82. The molecular weight excluding hydrogens is 207 g/mol. The lowest BCUT2D eigenvalue weighted by atomic mass is 10.4. The smallest absolute Gasteiger partial charge is 0.266 e. The molecule has 0 saturated carbocycles. The Labute approximate surface area is 82.4 Å². The van der Waals surface area contributed by atoms with Crippen LogP contribution in [0.1, 0.15) is 5.69 Å². The molecule has 1 N–H and O–H groups in total. The van der Waals surface area contributed by atoms with Crippen LogP contribution in [-0.4, -0.2) is 25.8 Å². The Balaban J connectivity index is 2.88. The summed E-state index contributed by atoms with van der Waals surface area (Å²) in [6.45, 7) is 1.43. The van der Waals surface area contributed by atoms with Crippen molar-refractivity contribution in [2.24, 2.45) is 0 Å². The van der Waals surface area contributed by atoms with Crippen molar-refractivity contribution in [2.75, 3.05) is 6.26 Å². The molecule has 0 atom stereocenters. The molecule has 2 aromatic heterocycles. The molecular formula is C7H7FN4OS. The summed E-state index contributed by atoms with van der Waals surface area (Å²) in [4.78, 5) is 19.2. The van der Waals surface area contributed by atoms with Gasteiger partial charge in [0.25, 0.3) is 5.78 Å². The molecule has 2 aromatic rings. The number of H-pyrrole nitrogens is 1. The minimum absolute atomic E-state index is 0.0640. The number of halogens is 1. The highest BCUT2D eigenvalue weighted by Crippen LogP contribution is 2.08. The molecule has 2 rings (SSSR count). The Morgan fingerprint density at radius 1 is 1.50 bits per heavy atom. The van der Waals surface area contributed by atoms with Crippen LogP contribution in [0.3, 0.4) is 0 Å². The molecule has 7 heteroatoms. The number of hydrogen-bond donors (Lipinski definition) is 1. The molecule has 0 radical (unpaired) electrons. The number of nitrogens with zero attached hydrogens (tertiary/aromatic N) is 3. The lowest BCUT2D eigenvalue weighted by molar-refractivity contribution is 0.578. The zero-order chi connectivity index (χ0) is 10.3. The van der Waals surface area contributed by atoms with E-state index in [0.717, 1.165) is 4.52 Å². The van der Waals surface area contributed by atoms with Crippen molar-refractivity contribution in [1.29, 1.82) is 0 Å². The second kappa shape index (κ2) is 3.09. The number of thioether (sulfide) groups is 1. The van der Waals surface area contributed by atoms with E-state index < -0.39 is 11.4 Å². The lowest BCUT2D eigenvalue weighted by Crippen LogP contribution is -2.20. The summed E-state index contributed by atoms with van der Waals surface area (Å²) in [6.07, 6.45) is 1.80. The van der Waals surface area contributed by atoms with E-state index in [4.69, 9.17) is 0 Å². The summed E-state index contributed by atoms with van der Waals surface area (Å²) in [5.74, 6) is -0.656. The van der Waals surface area contributed by atoms with E-state index >= 15 is 0 Å². The summed E-state index contributed by atoms with van der Waals surface area (Å²) in [5.41, 5.74) is -0.686. The maximum atomic E-state index is 13.1. The van der Waals surface area contributed by atoms with E-state index in [1.807, 2.05) is 0 Å². The van der Waals surface area contributed by atoms with E-state index in [9.17, 15) is 9.18 Å². The van der Waals surface area contributed by atoms with Crippen molar-refractivity contribution in [3.8, 4) is 0 Å². The number of hydrogen-bond acceptors (Lipinski definition) is 4. The maximum Gasteiger partial charge on any atom is 0.310 e. The van der Waals surface area contributed by atoms with E-state index in [1.54, 1.807) is 6.26 Å². The predicted octanol–water partition coefficient (Wildman–Crippen LogP) is 0.587. The number of aromatic nitrogens is 4. The second-order valence-electron chi connectivity index (χ2n) is 2.68. The zero-order valence-electron chi connectivity index (χ0n) is 7.54. The van der Waals surface area contributed by atoms with E-state index in [-0.39, 0.29) is 11.5 Å². The fourth-order valence-corrected chi connectivity index (χ4v) is 1.43. The molecule has 5 nitrogen and oxygen atoms in total. The minimum atomic E-state index is -0.848. The van der Waals surface area contributed by atoms with Crippen LogP contribution in [0, 0.1) is 12.7 Å². The van der Waals surface area contributed by atoms with Gasteiger partial charge in [0.2, 0.25) is 5.82 Å². The highest BCUT2D eigenvalue weighted by atomic mass is 32.2. The molecule has 0 unspecified atom stereocenters. The van der Waals surface area contributed by atoms with Gasteiger partial charge in [-0.25, -0.2) is 4.98 Å². The summed E-state index contributed by atoms with van der Waals surface area (Å²) in [5, 5.41) is 3.16. The monoisotopic (exact) mass is 214 g/mol. The van der Waals surface area contributed by atoms with Crippen LogP contribution in [-0.2, 0) is 0 Å². The first-order chi connectivity index (χ1) is 6.63. The molecule has 0 aromatic carbocycles. The predicted molar refractivity (Wildman–Crippen MR) is 50.1 cm³/mol. The third-order valence-electron chi connectivity index (χ3n) is 1.78. The molecule has 0 saturated heterocycles. The van der Waals surface area contributed by atoms with Gasteiger partial charge < -0.3 is 0 Å². The largest absolute Gasteiger partial charge is 0.310 e. The third-order valence-corrected chi connectivity index (χ3v) is 2.35. The molecule has 0 bridgehead atoms. The van der Waals surface area contributed by atoms with Gasteiger partial charge in [-0.2, -0.15) is 13.9 Å². The maximum absolute atomic E-state index is 13.1. The average molecular weight is 214 g/mol. The molecule has 14 heavy (non-hydrogen) atoms. The highest BCUT2D eigenvalue weighted by molar-refractivity contribution is 7.98. The fraction of sp³-hybridized carbons (Fsp3) is 0.286. The second-order valence-corrected chi connectivity index (χ2v) is 3.48. The molecule has 0 aliphatic carbocycles. The number of rotatable bonds is 1. The van der Waals surface area contributed by atoms with Gasteiger partial charge in [-0.05, 0) is 13.2 Å². The number of fused-ring (bicyclic) bond motifs is 1. The number of nitrogens with one attached hydrogen (secondary N) is 1. The fourth-order valence-electron chi connectivity index (χ4n) is 1.07. The number of aryl methyl sites for hydroxylation is 1. The SMILES string of the molecule is CSc1nc2nc(C)c(F)c(=O)n2[nH]1. The van der Waals surface area contributed by atoms with Gasteiger partial charge in [-0.15, -0.1) is 0 Å². The minimum Gasteiger partial charge on any atom is -0.266 e. The molecule has 2 heterocycles. The Kier molecular flexibility index (Phi) is 2.03. The molecule has 0 spiro atoms. The van der Waals surface area contributed by atoms with Crippen LogP contribution >= 0.6 is 11.8 Å². The van der Waals surface area contributed by atoms with Crippen molar-refractivity contribution >= 4 is 17.5 Å². The first kappa shape index (κ1) is 9.20. The van der Waals surface area contributed by atoms with Gasteiger partial charge in [-0.3, -0.25) is 9.89 Å². The van der Waals surface area contributed by atoms with Crippen LogP contribution in [0.5, 0.6) is 0 Å². The van der Waals surface area contributed by atoms with Gasteiger partial charge in [-0.1, -0.05) is 11.8 Å². The van der Waals surface area contributed by atoms with Crippen LogP contribution in [0.2, 0.25) is 0 Å². The normalized spacial score (nSPS) is 11.1. The molecule has 0 fully saturated rings. The van der Waals surface area contributed by atoms with Crippen LogP contribution in [0.25, 0.3) is 5.78 Å². The molecule has 0 amide bonds. The van der Waals surface area contributed by atoms with E-state index in [0.29, 0.717) is 5.16 Å². The average Bonchev–Trinajstić information content (AvgIpc) is 2.57. The lowest BCUT2D eigenvalue weighted by Gasteiger charge is -1.93. The topological polar surface area (TPSA) is 63.1 Å². The standard InChI is InChI=1S/C7H7FN4OS/c1-3-4(8)5(13)12-6(9-3)10-7(11-12)14-2/h1-2H3,(H,9,10,11). The van der Waals surface area contributed by atoms with E-state index in [2.05, 4.69) is 15.1 Å². The summed E-state index contributed by atoms with van der Waals surface area (Å²) < 4.78 is 14.1. The van der Waals surface area contributed by atoms with Crippen molar-refractivity contribution in [2.45, 2.75) is 12.1 Å². The summed E-state index contributed by atoms with van der Waals surface area (Å²) in [6, 6.07) is 0. The third kappa shape index (κ3) is 1.20. The van der Waals surface area contributed by atoms with Crippen molar-refractivity contribution in [3.05, 3.63) is 21.9 Å². The Morgan fingerprint density at radius 2 is 2.21 bits per heavy atom. The Morgan fingerprint density at radius 3 is 2.86 bits per heavy atom. The Hall–Kier alpha value is -1.37. The zero-order valence-corrected chi connectivity index (χ0v) is 8.35. The van der Waals surface area contributed by atoms with Crippen LogP contribution in [0.4, 0.5) is 4.39 Å². The Bertz CT molecular complexity index is 546. The molecule has 0 aliphatic heterocycles. The van der Waals surface area contributed by atoms with E-state index in [1.165, 1.54) is 18.7 Å². The van der Waals surface area contributed by atoms with Crippen LogP contribution in [0.15, 0.2) is 9.95 Å².